The minimum Gasteiger partial charge on any atom is -0.394 e. The van der Waals surface area contributed by atoms with E-state index in [0.29, 0.717) is 26.4 Å². The molecule has 0 aliphatic carbocycles. The second-order valence-electron chi connectivity index (χ2n) is 4.33. The molecule has 23 heavy (non-hydrogen) atoms. The zero-order valence-corrected chi connectivity index (χ0v) is 14.6. The summed E-state index contributed by atoms with van der Waals surface area (Å²) in [4.78, 5) is 0. The number of hydrogen-bond acceptors (Lipinski definition) is 9. The third-order valence-corrected chi connectivity index (χ3v) is 3.63. The van der Waals surface area contributed by atoms with Crippen molar-refractivity contribution in [2.75, 3.05) is 85.9 Å². The standard InChI is InChI=1S/C13H29O9P/c1-23(16,21-12-10-19-8-6-17-4-2-14)22-13-11-20-9-7-18-5-3-15/h14-15H,2-13H2,1H3. The highest BCUT2D eigenvalue weighted by Gasteiger charge is 2.16. The molecule has 0 spiro atoms. The van der Waals surface area contributed by atoms with Crippen LogP contribution in [0.2, 0.25) is 0 Å². The summed E-state index contributed by atoms with van der Waals surface area (Å²) in [6.07, 6.45) is 0. The highest BCUT2D eigenvalue weighted by Crippen LogP contribution is 2.43. The van der Waals surface area contributed by atoms with Crippen LogP contribution in [0, 0.1) is 0 Å². The fourth-order valence-corrected chi connectivity index (χ4v) is 2.22. The Morgan fingerprint density at radius 1 is 0.609 bits per heavy atom. The van der Waals surface area contributed by atoms with Gasteiger partial charge < -0.3 is 38.2 Å². The fraction of sp³-hybridized carbons (Fsp3) is 1.00. The van der Waals surface area contributed by atoms with Crippen LogP contribution in [-0.4, -0.2) is 96.2 Å². The van der Waals surface area contributed by atoms with Crippen molar-refractivity contribution in [3.05, 3.63) is 0 Å². The van der Waals surface area contributed by atoms with Crippen LogP contribution in [0.25, 0.3) is 0 Å². The van der Waals surface area contributed by atoms with Gasteiger partial charge in [-0.2, -0.15) is 0 Å². The Labute approximate surface area is 137 Å². The van der Waals surface area contributed by atoms with E-state index >= 15 is 0 Å². The lowest BCUT2D eigenvalue weighted by atomic mass is 10.7. The van der Waals surface area contributed by atoms with Crippen LogP contribution >= 0.6 is 7.60 Å². The largest absolute Gasteiger partial charge is 0.394 e. The maximum Gasteiger partial charge on any atom is 0.327 e. The number of rotatable bonds is 18. The van der Waals surface area contributed by atoms with Crippen molar-refractivity contribution in [1.29, 1.82) is 0 Å². The van der Waals surface area contributed by atoms with Gasteiger partial charge in [-0.25, -0.2) is 0 Å². The SMILES string of the molecule is CP(=O)(OCCOCCOCCO)OCCOCCOCCO. The second-order valence-corrected chi connectivity index (χ2v) is 6.39. The van der Waals surface area contributed by atoms with Gasteiger partial charge in [0, 0.05) is 6.66 Å². The summed E-state index contributed by atoms with van der Waals surface area (Å²) in [5.74, 6) is 0. The Balaban J connectivity index is 3.35. The maximum absolute atomic E-state index is 11.9. The van der Waals surface area contributed by atoms with E-state index in [1.54, 1.807) is 0 Å². The van der Waals surface area contributed by atoms with E-state index in [9.17, 15) is 4.57 Å². The molecule has 0 aliphatic rings. The molecule has 140 valence electrons. The van der Waals surface area contributed by atoms with Crippen LogP contribution in [0.3, 0.4) is 0 Å². The molecule has 0 aromatic rings. The van der Waals surface area contributed by atoms with Crippen molar-refractivity contribution in [2.24, 2.45) is 0 Å². The first-order valence-electron chi connectivity index (χ1n) is 7.51. The molecule has 0 saturated carbocycles. The van der Waals surface area contributed by atoms with Crippen LogP contribution in [0.4, 0.5) is 0 Å². The molecule has 0 radical (unpaired) electrons. The van der Waals surface area contributed by atoms with Crippen molar-refractivity contribution in [3.8, 4) is 0 Å². The van der Waals surface area contributed by atoms with Crippen molar-refractivity contribution in [2.45, 2.75) is 0 Å². The van der Waals surface area contributed by atoms with Gasteiger partial charge in [0.2, 0.25) is 0 Å². The molecule has 0 unspecified atom stereocenters. The molecule has 0 saturated heterocycles. The minimum absolute atomic E-state index is 0.0150. The number of hydrogen-bond donors (Lipinski definition) is 2. The van der Waals surface area contributed by atoms with Crippen LogP contribution in [0.1, 0.15) is 0 Å². The first-order valence-corrected chi connectivity index (χ1v) is 9.50. The van der Waals surface area contributed by atoms with Crippen LogP contribution in [-0.2, 0) is 32.6 Å². The number of aliphatic hydroxyl groups is 2. The van der Waals surface area contributed by atoms with Gasteiger partial charge >= 0.3 is 7.60 Å². The highest BCUT2D eigenvalue weighted by molar-refractivity contribution is 7.52. The summed E-state index contributed by atoms with van der Waals surface area (Å²) in [5.41, 5.74) is 0. The summed E-state index contributed by atoms with van der Waals surface area (Å²) in [5, 5.41) is 17.0. The lowest BCUT2D eigenvalue weighted by Gasteiger charge is -2.14. The summed E-state index contributed by atoms with van der Waals surface area (Å²) >= 11 is 0. The van der Waals surface area contributed by atoms with Crippen molar-refractivity contribution < 1.29 is 42.8 Å². The van der Waals surface area contributed by atoms with Gasteiger partial charge in [-0.15, -0.1) is 0 Å². The predicted molar refractivity (Wildman–Crippen MR) is 82.9 cm³/mol. The van der Waals surface area contributed by atoms with Gasteiger partial charge in [-0.05, 0) is 0 Å². The van der Waals surface area contributed by atoms with E-state index in [1.165, 1.54) is 6.66 Å². The first kappa shape index (κ1) is 22.9. The Morgan fingerprint density at radius 2 is 0.913 bits per heavy atom. The molecular formula is C13H29O9P. The zero-order chi connectivity index (χ0) is 17.2. The molecule has 0 heterocycles. The lowest BCUT2D eigenvalue weighted by Crippen LogP contribution is -2.12. The Bertz CT molecular complexity index is 267. The maximum atomic E-state index is 11.9. The predicted octanol–water partition coefficient (Wildman–Crippen LogP) is -0.106. The monoisotopic (exact) mass is 360 g/mol. The normalized spacial score (nSPS) is 12.0. The smallest absolute Gasteiger partial charge is 0.327 e. The van der Waals surface area contributed by atoms with Gasteiger partial charge in [-0.3, -0.25) is 4.57 Å². The summed E-state index contributed by atoms with van der Waals surface area (Å²) in [7, 11) is -3.11. The van der Waals surface area contributed by atoms with E-state index in [4.69, 9.17) is 38.2 Å². The van der Waals surface area contributed by atoms with Crippen LogP contribution < -0.4 is 0 Å². The van der Waals surface area contributed by atoms with Crippen LogP contribution in [0.15, 0.2) is 0 Å². The summed E-state index contributed by atoms with van der Waals surface area (Å²) < 4.78 is 42.6. The molecular weight excluding hydrogens is 331 g/mol. The molecule has 10 heteroatoms. The third-order valence-electron chi connectivity index (χ3n) is 2.32. The van der Waals surface area contributed by atoms with Gasteiger partial charge in [-0.1, -0.05) is 0 Å². The van der Waals surface area contributed by atoms with E-state index in [1.807, 2.05) is 0 Å². The zero-order valence-electron chi connectivity index (χ0n) is 13.7. The van der Waals surface area contributed by atoms with Gasteiger partial charge in [0.25, 0.3) is 0 Å². The van der Waals surface area contributed by atoms with Crippen molar-refractivity contribution >= 4 is 7.60 Å². The van der Waals surface area contributed by atoms with Crippen molar-refractivity contribution in [3.63, 3.8) is 0 Å². The molecule has 0 bridgehead atoms. The van der Waals surface area contributed by atoms with Crippen molar-refractivity contribution in [1.82, 2.24) is 0 Å². The van der Waals surface area contributed by atoms with Gasteiger partial charge in [0.15, 0.2) is 0 Å². The average Bonchev–Trinajstić information content (AvgIpc) is 2.52. The quantitative estimate of drug-likeness (QED) is 0.255. The van der Waals surface area contributed by atoms with Gasteiger partial charge in [0.05, 0.1) is 79.3 Å². The number of aliphatic hydroxyl groups excluding tert-OH is 2. The van der Waals surface area contributed by atoms with Gasteiger partial charge in [0.1, 0.15) is 0 Å². The minimum atomic E-state index is -3.11. The molecule has 0 fully saturated rings. The van der Waals surface area contributed by atoms with Crippen LogP contribution in [0.5, 0.6) is 0 Å². The molecule has 0 aromatic carbocycles. The molecule has 0 amide bonds. The van der Waals surface area contributed by atoms with E-state index in [-0.39, 0.29) is 52.9 Å². The molecule has 0 aromatic heterocycles. The van der Waals surface area contributed by atoms with E-state index in [2.05, 4.69) is 0 Å². The topological polar surface area (TPSA) is 113 Å². The lowest BCUT2D eigenvalue weighted by molar-refractivity contribution is 0.0174. The fourth-order valence-electron chi connectivity index (χ4n) is 1.33. The summed E-state index contributed by atoms with van der Waals surface area (Å²) in [6.45, 7) is 4.34. The molecule has 0 atom stereocenters. The molecule has 0 aliphatic heterocycles. The molecule has 2 N–H and O–H groups in total. The summed E-state index contributed by atoms with van der Waals surface area (Å²) in [6, 6.07) is 0. The first-order chi connectivity index (χ1) is 11.1. The Morgan fingerprint density at radius 3 is 1.26 bits per heavy atom. The molecule has 9 nitrogen and oxygen atoms in total. The highest BCUT2D eigenvalue weighted by atomic mass is 31.2. The number of ether oxygens (including phenoxy) is 4. The van der Waals surface area contributed by atoms with E-state index in [0.717, 1.165) is 0 Å². The second kappa shape index (κ2) is 16.8. The average molecular weight is 360 g/mol. The third kappa shape index (κ3) is 18.1. The molecule has 0 rings (SSSR count). The Hall–Kier alpha value is -0.0900. The Kier molecular flexibility index (Phi) is 16.7. The van der Waals surface area contributed by atoms with E-state index < -0.39 is 7.60 Å².